The van der Waals surface area contributed by atoms with Crippen molar-refractivity contribution in [3.8, 4) is 5.75 Å². The third kappa shape index (κ3) is 1.87. The molecule has 4 rings (SSSR count). The average molecular weight is 276 g/mol. The highest BCUT2D eigenvalue weighted by atomic mass is 19.1. The van der Waals surface area contributed by atoms with Crippen LogP contribution < -0.4 is 4.74 Å². The second-order valence-electron chi connectivity index (χ2n) is 5.08. The van der Waals surface area contributed by atoms with Crippen molar-refractivity contribution >= 4 is 0 Å². The number of para-hydroxylation sites is 1. The van der Waals surface area contributed by atoms with Gasteiger partial charge in [0.1, 0.15) is 0 Å². The fourth-order valence-electron chi connectivity index (χ4n) is 2.64. The molecule has 0 unspecified atom stereocenters. The minimum absolute atomic E-state index is 0.164. The molecule has 0 radical (unpaired) electrons. The van der Waals surface area contributed by atoms with Crippen molar-refractivity contribution in [1.29, 1.82) is 0 Å². The molecule has 0 N–H and O–H groups in total. The Balaban J connectivity index is 1.57. The fourth-order valence-corrected chi connectivity index (χ4v) is 2.64. The van der Waals surface area contributed by atoms with Crippen LogP contribution in [0.15, 0.2) is 22.6 Å². The van der Waals surface area contributed by atoms with Gasteiger partial charge >= 0.3 is 0 Å². The predicted octanol–water partition coefficient (Wildman–Crippen LogP) is 2.39. The van der Waals surface area contributed by atoms with Crippen molar-refractivity contribution in [2.75, 3.05) is 13.2 Å². The average Bonchev–Trinajstić information content (AvgIpc) is 3.18. The molecule has 0 bridgehead atoms. The molecule has 0 spiro atoms. The van der Waals surface area contributed by atoms with Crippen LogP contribution >= 0.6 is 0 Å². The first-order valence-electron chi connectivity index (χ1n) is 6.66. The standard InChI is InChI=1S/C14H13FN2O3/c15-10-3-1-2-8-6-11(19-12(8)10)14-17-16-13(20-14)9-4-5-18-7-9/h1-3,9,11H,4-7H2/t9-,11-/m0/s1. The number of nitrogens with zero attached hydrogens (tertiary/aromatic N) is 2. The van der Waals surface area contributed by atoms with Crippen LogP contribution in [0.1, 0.15) is 35.8 Å². The summed E-state index contributed by atoms with van der Waals surface area (Å²) >= 11 is 0. The number of rotatable bonds is 2. The van der Waals surface area contributed by atoms with Crippen LogP contribution in [0.2, 0.25) is 0 Å². The third-order valence-electron chi connectivity index (χ3n) is 3.72. The Hall–Kier alpha value is -1.95. The molecule has 3 heterocycles. The van der Waals surface area contributed by atoms with Gasteiger partial charge in [0.25, 0.3) is 5.89 Å². The summed E-state index contributed by atoms with van der Waals surface area (Å²) in [4.78, 5) is 0. The lowest BCUT2D eigenvalue weighted by atomic mass is 10.1. The number of halogens is 1. The Morgan fingerprint density at radius 3 is 2.90 bits per heavy atom. The summed E-state index contributed by atoms with van der Waals surface area (Å²) in [5, 5.41) is 8.09. The van der Waals surface area contributed by atoms with Crippen LogP contribution in [-0.2, 0) is 11.2 Å². The minimum Gasteiger partial charge on any atom is -0.477 e. The Morgan fingerprint density at radius 2 is 2.10 bits per heavy atom. The molecule has 1 saturated heterocycles. The molecular weight excluding hydrogens is 263 g/mol. The number of hydrogen-bond acceptors (Lipinski definition) is 5. The van der Waals surface area contributed by atoms with Gasteiger partial charge in [-0.3, -0.25) is 0 Å². The highest BCUT2D eigenvalue weighted by Gasteiger charge is 2.32. The molecule has 0 aliphatic carbocycles. The third-order valence-corrected chi connectivity index (χ3v) is 3.72. The lowest BCUT2D eigenvalue weighted by Crippen LogP contribution is -2.03. The van der Waals surface area contributed by atoms with Crippen LogP contribution in [0.5, 0.6) is 5.75 Å². The zero-order valence-corrected chi connectivity index (χ0v) is 10.7. The zero-order chi connectivity index (χ0) is 13.5. The van der Waals surface area contributed by atoms with E-state index in [1.807, 2.05) is 6.07 Å². The van der Waals surface area contributed by atoms with E-state index in [2.05, 4.69) is 10.2 Å². The Morgan fingerprint density at radius 1 is 1.20 bits per heavy atom. The Labute approximate surface area is 114 Å². The van der Waals surface area contributed by atoms with Gasteiger partial charge in [-0.2, -0.15) is 0 Å². The highest BCUT2D eigenvalue weighted by molar-refractivity contribution is 5.39. The second-order valence-corrected chi connectivity index (χ2v) is 5.08. The monoisotopic (exact) mass is 276 g/mol. The number of benzene rings is 1. The number of fused-ring (bicyclic) bond motifs is 1. The van der Waals surface area contributed by atoms with Crippen molar-refractivity contribution in [2.24, 2.45) is 0 Å². The van der Waals surface area contributed by atoms with Crippen LogP contribution in [0.4, 0.5) is 4.39 Å². The van der Waals surface area contributed by atoms with Crippen molar-refractivity contribution in [3.63, 3.8) is 0 Å². The van der Waals surface area contributed by atoms with Crippen molar-refractivity contribution in [1.82, 2.24) is 10.2 Å². The lowest BCUT2D eigenvalue weighted by Gasteiger charge is -2.05. The molecule has 1 aromatic heterocycles. The van der Waals surface area contributed by atoms with Crippen molar-refractivity contribution < 1.29 is 18.3 Å². The number of aromatic nitrogens is 2. The van der Waals surface area contributed by atoms with Gasteiger partial charge in [-0.25, -0.2) is 4.39 Å². The van der Waals surface area contributed by atoms with Crippen LogP contribution in [0.3, 0.4) is 0 Å². The first kappa shape index (κ1) is 11.8. The van der Waals surface area contributed by atoms with Gasteiger partial charge < -0.3 is 13.9 Å². The number of hydrogen-bond donors (Lipinski definition) is 0. The van der Waals surface area contributed by atoms with Gasteiger partial charge in [0, 0.05) is 18.6 Å². The Bertz CT molecular complexity index is 637. The van der Waals surface area contributed by atoms with Gasteiger partial charge in [-0.1, -0.05) is 12.1 Å². The summed E-state index contributed by atoms with van der Waals surface area (Å²) < 4.78 is 30.2. The molecule has 0 saturated carbocycles. The molecule has 2 atom stereocenters. The van der Waals surface area contributed by atoms with Gasteiger partial charge in [0.05, 0.1) is 12.5 Å². The van der Waals surface area contributed by atoms with E-state index in [9.17, 15) is 4.39 Å². The molecule has 2 aliphatic heterocycles. The van der Waals surface area contributed by atoms with E-state index in [0.717, 1.165) is 18.6 Å². The van der Waals surface area contributed by atoms with Gasteiger partial charge in [0.2, 0.25) is 5.89 Å². The van der Waals surface area contributed by atoms with E-state index in [-0.39, 0.29) is 11.7 Å². The first-order chi connectivity index (χ1) is 9.81. The maximum absolute atomic E-state index is 13.6. The maximum Gasteiger partial charge on any atom is 0.257 e. The fraction of sp³-hybridized carbons (Fsp3) is 0.429. The van der Waals surface area contributed by atoms with Gasteiger partial charge in [-0.15, -0.1) is 10.2 Å². The second kappa shape index (κ2) is 4.56. The SMILES string of the molecule is Fc1cccc2c1O[C@H](c1nnc([C@H]3CCOC3)o1)C2. The van der Waals surface area contributed by atoms with Crippen molar-refractivity contribution in [2.45, 2.75) is 24.9 Å². The van der Waals surface area contributed by atoms with Crippen LogP contribution in [0, 0.1) is 5.82 Å². The normalized spacial score (nSPS) is 24.6. The molecule has 2 aliphatic rings. The zero-order valence-electron chi connectivity index (χ0n) is 10.7. The smallest absolute Gasteiger partial charge is 0.257 e. The van der Waals surface area contributed by atoms with Gasteiger partial charge in [-0.05, 0) is 12.5 Å². The Kier molecular flexibility index (Phi) is 2.70. The quantitative estimate of drug-likeness (QED) is 0.843. The van der Waals surface area contributed by atoms with E-state index in [1.54, 1.807) is 6.07 Å². The van der Waals surface area contributed by atoms with Crippen molar-refractivity contribution in [3.05, 3.63) is 41.4 Å². The number of ether oxygens (including phenoxy) is 2. The predicted molar refractivity (Wildman–Crippen MR) is 65.9 cm³/mol. The summed E-state index contributed by atoms with van der Waals surface area (Å²) in [5.41, 5.74) is 0.832. The van der Waals surface area contributed by atoms with Gasteiger partial charge in [0.15, 0.2) is 17.7 Å². The summed E-state index contributed by atoms with van der Waals surface area (Å²) in [6.07, 6.45) is 1.04. The van der Waals surface area contributed by atoms with E-state index >= 15 is 0 Å². The molecule has 2 aromatic rings. The molecule has 104 valence electrons. The summed E-state index contributed by atoms with van der Waals surface area (Å²) in [6, 6.07) is 4.91. The largest absolute Gasteiger partial charge is 0.477 e. The first-order valence-corrected chi connectivity index (χ1v) is 6.66. The highest BCUT2D eigenvalue weighted by Crippen LogP contribution is 2.38. The minimum atomic E-state index is -0.398. The molecule has 5 nitrogen and oxygen atoms in total. The van der Waals surface area contributed by atoms with Crippen LogP contribution in [-0.4, -0.2) is 23.4 Å². The van der Waals surface area contributed by atoms with E-state index in [1.165, 1.54) is 6.07 Å². The molecule has 0 amide bonds. The van der Waals surface area contributed by atoms with E-state index < -0.39 is 6.10 Å². The topological polar surface area (TPSA) is 57.4 Å². The molecule has 1 fully saturated rings. The van der Waals surface area contributed by atoms with Crippen LogP contribution in [0.25, 0.3) is 0 Å². The lowest BCUT2D eigenvalue weighted by molar-refractivity contribution is 0.179. The summed E-state index contributed by atoms with van der Waals surface area (Å²) in [6.45, 7) is 1.33. The molecule has 20 heavy (non-hydrogen) atoms. The van der Waals surface area contributed by atoms with E-state index in [4.69, 9.17) is 13.9 Å². The summed E-state index contributed by atoms with van der Waals surface area (Å²) in [5.74, 6) is 1.09. The molecule has 1 aromatic carbocycles. The molecular formula is C14H13FN2O3. The molecule has 6 heteroatoms. The van der Waals surface area contributed by atoms with E-state index in [0.29, 0.717) is 30.6 Å². The summed E-state index contributed by atoms with van der Waals surface area (Å²) in [7, 11) is 0. The maximum atomic E-state index is 13.6.